The minimum absolute atomic E-state index is 1.02. The number of rotatable bonds is 0. The van der Waals surface area contributed by atoms with Gasteiger partial charge in [0.25, 0.3) is 0 Å². The van der Waals surface area contributed by atoms with Crippen LogP contribution in [0.2, 0.25) is 0 Å². The smallest absolute Gasteiger partial charge is 0.0581 e. The van der Waals surface area contributed by atoms with Crippen LogP contribution >= 0.6 is 0 Å². The van der Waals surface area contributed by atoms with Crippen LogP contribution in [0.4, 0.5) is 0 Å². The highest BCUT2D eigenvalue weighted by molar-refractivity contribution is 5.23. The van der Waals surface area contributed by atoms with E-state index in [9.17, 15) is 0 Å². The molecule has 0 aromatic carbocycles. The first-order chi connectivity index (χ1) is 4.97. The van der Waals surface area contributed by atoms with Gasteiger partial charge in [-0.3, -0.25) is 0 Å². The molecule has 2 nitrogen and oxygen atoms in total. The van der Waals surface area contributed by atoms with Crippen molar-refractivity contribution in [3.8, 4) is 0 Å². The van der Waals surface area contributed by atoms with Crippen LogP contribution < -0.4 is 10.9 Å². The molecule has 1 aliphatic carbocycles. The highest BCUT2D eigenvalue weighted by Crippen LogP contribution is 2.21. The second-order valence-corrected chi connectivity index (χ2v) is 2.70. The van der Waals surface area contributed by atoms with Crippen molar-refractivity contribution < 1.29 is 0 Å². The predicted molar refractivity (Wildman–Crippen MR) is 40.2 cm³/mol. The molecule has 0 atom stereocenters. The summed E-state index contributed by atoms with van der Waals surface area (Å²) in [5.41, 5.74) is 10.0. The molecule has 1 radical (unpaired) electrons. The minimum atomic E-state index is 1.02. The molecule has 0 saturated heterocycles. The Kier molecular flexibility index (Phi) is 1.47. The molecule has 0 unspecified atom stereocenters. The molecule has 0 saturated carbocycles. The first kappa shape index (κ1) is 5.98. The fourth-order valence-corrected chi connectivity index (χ4v) is 1.41. The average Bonchev–Trinajstić information content (AvgIpc) is 2.05. The van der Waals surface area contributed by atoms with E-state index in [1.807, 2.05) is 0 Å². The van der Waals surface area contributed by atoms with Crippen molar-refractivity contribution in [2.45, 2.75) is 19.3 Å². The standard InChI is InChI=1S/C8H11N2/c1-2-4-8-7(3-1)5-6-9-10-8/h1-2,9H,3-6H2. The van der Waals surface area contributed by atoms with Gasteiger partial charge in [0, 0.05) is 13.0 Å². The van der Waals surface area contributed by atoms with Gasteiger partial charge in [-0.1, -0.05) is 12.2 Å². The Morgan fingerprint density at radius 1 is 1.30 bits per heavy atom. The predicted octanol–water partition coefficient (Wildman–Crippen LogP) is 1.10. The van der Waals surface area contributed by atoms with Crippen molar-refractivity contribution in [2.24, 2.45) is 0 Å². The molecule has 10 heavy (non-hydrogen) atoms. The summed E-state index contributed by atoms with van der Waals surface area (Å²) in [4.78, 5) is 0. The maximum atomic E-state index is 4.23. The Bertz CT molecular complexity index is 171. The van der Waals surface area contributed by atoms with Crippen LogP contribution in [0, 0.1) is 0 Å². The fourth-order valence-electron chi connectivity index (χ4n) is 1.41. The second-order valence-electron chi connectivity index (χ2n) is 2.70. The van der Waals surface area contributed by atoms with Crippen LogP contribution in [0.1, 0.15) is 19.3 Å². The lowest BCUT2D eigenvalue weighted by atomic mass is 9.99. The molecule has 0 fully saturated rings. The highest BCUT2D eigenvalue weighted by atomic mass is 15.4. The van der Waals surface area contributed by atoms with Crippen molar-refractivity contribution in [2.75, 3.05) is 6.54 Å². The summed E-state index contributed by atoms with van der Waals surface area (Å²) < 4.78 is 0. The molecule has 0 aromatic heterocycles. The Morgan fingerprint density at radius 3 is 3.10 bits per heavy atom. The number of allylic oxidation sites excluding steroid dienone is 2. The maximum absolute atomic E-state index is 4.23. The lowest BCUT2D eigenvalue weighted by Crippen LogP contribution is -2.31. The third-order valence-electron chi connectivity index (χ3n) is 2.00. The molecule has 0 amide bonds. The van der Waals surface area contributed by atoms with Gasteiger partial charge >= 0.3 is 0 Å². The Hall–Kier alpha value is -0.760. The monoisotopic (exact) mass is 135 g/mol. The zero-order chi connectivity index (χ0) is 6.81. The van der Waals surface area contributed by atoms with E-state index >= 15 is 0 Å². The van der Waals surface area contributed by atoms with Crippen molar-refractivity contribution in [1.82, 2.24) is 10.9 Å². The molecule has 2 heteroatoms. The van der Waals surface area contributed by atoms with Crippen LogP contribution in [-0.2, 0) is 0 Å². The summed E-state index contributed by atoms with van der Waals surface area (Å²) in [6.45, 7) is 1.02. The normalized spacial score (nSPS) is 24.0. The van der Waals surface area contributed by atoms with Gasteiger partial charge in [0.05, 0.1) is 5.70 Å². The number of nitrogens with zero attached hydrogens (tertiary/aromatic N) is 1. The van der Waals surface area contributed by atoms with Gasteiger partial charge in [-0.25, -0.2) is 10.9 Å². The lowest BCUT2D eigenvalue weighted by Gasteiger charge is -2.21. The van der Waals surface area contributed by atoms with E-state index in [0.717, 1.165) is 19.4 Å². The zero-order valence-electron chi connectivity index (χ0n) is 5.93. The van der Waals surface area contributed by atoms with E-state index in [-0.39, 0.29) is 0 Å². The van der Waals surface area contributed by atoms with Crippen LogP contribution in [0.15, 0.2) is 23.4 Å². The van der Waals surface area contributed by atoms with E-state index in [0.29, 0.717) is 0 Å². The van der Waals surface area contributed by atoms with Crippen LogP contribution in [0.5, 0.6) is 0 Å². The molecule has 53 valence electrons. The molecular weight excluding hydrogens is 124 g/mol. The molecule has 2 aliphatic rings. The molecule has 1 aliphatic heterocycles. The molecule has 1 heterocycles. The minimum Gasteiger partial charge on any atom is -0.213 e. The van der Waals surface area contributed by atoms with Crippen LogP contribution in [-0.4, -0.2) is 6.54 Å². The van der Waals surface area contributed by atoms with Gasteiger partial charge in [-0.2, -0.15) is 0 Å². The van der Waals surface area contributed by atoms with Crippen molar-refractivity contribution in [3.05, 3.63) is 23.4 Å². The van der Waals surface area contributed by atoms with Crippen molar-refractivity contribution in [1.29, 1.82) is 0 Å². The number of hydrogen-bond donors (Lipinski definition) is 1. The molecule has 0 bridgehead atoms. The number of nitrogens with one attached hydrogen (secondary N) is 1. The molecule has 2 rings (SSSR count). The van der Waals surface area contributed by atoms with Gasteiger partial charge < -0.3 is 0 Å². The average molecular weight is 135 g/mol. The Balaban J connectivity index is 2.17. The van der Waals surface area contributed by atoms with Gasteiger partial charge in [0.15, 0.2) is 0 Å². The van der Waals surface area contributed by atoms with Gasteiger partial charge in [0.1, 0.15) is 0 Å². The van der Waals surface area contributed by atoms with E-state index in [1.165, 1.54) is 17.7 Å². The van der Waals surface area contributed by atoms with Crippen LogP contribution in [0.25, 0.3) is 0 Å². The van der Waals surface area contributed by atoms with Crippen molar-refractivity contribution >= 4 is 0 Å². The number of hydrogen-bond acceptors (Lipinski definition) is 1. The summed E-state index contributed by atoms with van der Waals surface area (Å²) in [7, 11) is 0. The summed E-state index contributed by atoms with van der Waals surface area (Å²) >= 11 is 0. The summed E-state index contributed by atoms with van der Waals surface area (Å²) in [6.07, 6.45) is 7.76. The molecule has 1 N–H and O–H groups in total. The topological polar surface area (TPSA) is 26.1 Å². The van der Waals surface area contributed by atoms with Crippen LogP contribution in [0.3, 0.4) is 0 Å². The molecule has 0 aromatic rings. The third kappa shape index (κ3) is 0.948. The summed E-state index contributed by atoms with van der Waals surface area (Å²) in [5.74, 6) is 0. The lowest BCUT2D eigenvalue weighted by molar-refractivity contribution is 0.527. The van der Waals surface area contributed by atoms with E-state index in [4.69, 9.17) is 0 Å². The fraction of sp³-hybridized carbons (Fsp3) is 0.500. The second kappa shape index (κ2) is 2.46. The van der Waals surface area contributed by atoms with Crippen molar-refractivity contribution in [3.63, 3.8) is 0 Å². The summed E-state index contributed by atoms with van der Waals surface area (Å²) in [6, 6.07) is 0. The largest absolute Gasteiger partial charge is 0.213 e. The SMILES string of the molecule is C1=CCC2=C(C1)CCN[N]2. The maximum Gasteiger partial charge on any atom is 0.0581 e. The van der Waals surface area contributed by atoms with Gasteiger partial charge in [0.2, 0.25) is 0 Å². The van der Waals surface area contributed by atoms with E-state index in [2.05, 4.69) is 23.0 Å². The highest BCUT2D eigenvalue weighted by Gasteiger charge is 2.13. The molecular formula is C8H11N2. The first-order valence-corrected chi connectivity index (χ1v) is 3.76. The molecule has 0 spiro atoms. The first-order valence-electron chi connectivity index (χ1n) is 3.76. The zero-order valence-corrected chi connectivity index (χ0v) is 5.93. The van der Waals surface area contributed by atoms with E-state index < -0.39 is 0 Å². The Morgan fingerprint density at radius 2 is 2.20 bits per heavy atom. The summed E-state index contributed by atoms with van der Waals surface area (Å²) in [5, 5.41) is 0. The third-order valence-corrected chi connectivity index (χ3v) is 2.00. The van der Waals surface area contributed by atoms with Gasteiger partial charge in [-0.05, 0) is 18.4 Å². The van der Waals surface area contributed by atoms with E-state index in [1.54, 1.807) is 0 Å². The Labute approximate surface area is 61.0 Å². The quantitative estimate of drug-likeness (QED) is 0.495. The van der Waals surface area contributed by atoms with Gasteiger partial charge in [-0.15, -0.1) is 0 Å².